The van der Waals surface area contributed by atoms with Crippen molar-refractivity contribution in [3.8, 4) is 0 Å². The van der Waals surface area contributed by atoms with Crippen molar-refractivity contribution in [2.24, 2.45) is 5.92 Å². The fourth-order valence-corrected chi connectivity index (χ4v) is 4.78. The molecule has 0 aliphatic heterocycles. The number of likely N-dealkylation sites (N-methyl/N-ethyl adjacent to an activating group) is 1. The van der Waals surface area contributed by atoms with Crippen LogP contribution < -0.4 is 5.32 Å². The number of carbonyl (C=O) groups is 1. The van der Waals surface area contributed by atoms with E-state index < -0.39 is 0 Å². The van der Waals surface area contributed by atoms with Crippen LogP contribution in [0.25, 0.3) is 0 Å². The maximum absolute atomic E-state index is 12.4. The summed E-state index contributed by atoms with van der Waals surface area (Å²) >= 11 is 5.43. The van der Waals surface area contributed by atoms with Crippen molar-refractivity contribution in [2.45, 2.75) is 51.6 Å². The molecule has 3 nitrogen and oxygen atoms in total. The molecule has 0 saturated carbocycles. The number of hydrogen-bond acceptors (Lipinski definition) is 3. The summed E-state index contributed by atoms with van der Waals surface area (Å²) in [7, 11) is 3.68. The number of halogens is 1. The Morgan fingerprint density at radius 1 is 1.52 bits per heavy atom. The molecule has 2 rings (SSSR count). The van der Waals surface area contributed by atoms with E-state index in [1.54, 1.807) is 4.90 Å². The van der Waals surface area contributed by atoms with Crippen molar-refractivity contribution < 1.29 is 4.79 Å². The van der Waals surface area contributed by atoms with Crippen LogP contribution in [0.1, 0.15) is 49.6 Å². The zero-order valence-electron chi connectivity index (χ0n) is 13.3. The van der Waals surface area contributed by atoms with E-state index >= 15 is 0 Å². The molecule has 0 fully saturated rings. The number of rotatable bonds is 5. The predicted octanol–water partition coefficient (Wildman–Crippen LogP) is 3.98. The van der Waals surface area contributed by atoms with Gasteiger partial charge >= 0.3 is 0 Å². The minimum Gasteiger partial charge on any atom is -0.347 e. The lowest BCUT2D eigenvalue weighted by atomic mass is 9.92. The van der Waals surface area contributed by atoms with Gasteiger partial charge in [-0.2, -0.15) is 0 Å². The average molecular weight is 373 g/mol. The predicted molar refractivity (Wildman–Crippen MR) is 92.8 cm³/mol. The highest BCUT2D eigenvalue weighted by atomic mass is 79.9. The quantitative estimate of drug-likeness (QED) is 0.847. The summed E-state index contributed by atoms with van der Waals surface area (Å²) in [5.74, 6) is 0.689. The van der Waals surface area contributed by atoms with Gasteiger partial charge in [0.15, 0.2) is 0 Å². The van der Waals surface area contributed by atoms with Crippen molar-refractivity contribution in [1.82, 2.24) is 10.2 Å². The van der Waals surface area contributed by atoms with Gasteiger partial charge in [-0.15, -0.1) is 11.3 Å². The zero-order valence-corrected chi connectivity index (χ0v) is 15.7. The van der Waals surface area contributed by atoms with E-state index in [1.165, 1.54) is 27.1 Å². The summed E-state index contributed by atoms with van der Waals surface area (Å²) < 4.78 is 1.19. The van der Waals surface area contributed by atoms with Gasteiger partial charge in [-0.25, -0.2) is 0 Å². The van der Waals surface area contributed by atoms with Gasteiger partial charge in [-0.1, -0.05) is 13.8 Å². The number of thiophene rings is 1. The van der Waals surface area contributed by atoms with E-state index in [1.807, 2.05) is 25.4 Å². The summed E-state index contributed by atoms with van der Waals surface area (Å²) in [4.78, 5) is 15.6. The Balaban J connectivity index is 2.15. The second-order valence-electron chi connectivity index (χ2n) is 6.46. The highest BCUT2D eigenvalue weighted by Gasteiger charge is 2.28. The van der Waals surface area contributed by atoms with E-state index in [4.69, 9.17) is 0 Å². The summed E-state index contributed by atoms with van der Waals surface area (Å²) in [6, 6.07) is 2.45. The van der Waals surface area contributed by atoms with Crippen molar-refractivity contribution >= 4 is 33.2 Å². The molecule has 2 unspecified atom stereocenters. The zero-order chi connectivity index (χ0) is 15.6. The van der Waals surface area contributed by atoms with Crippen LogP contribution >= 0.6 is 27.3 Å². The lowest BCUT2D eigenvalue weighted by molar-refractivity contribution is -0.131. The standard InChI is InChI=1S/C16H25BrN2OS/c1-10(2)8-13(16(20)19(3)4)18-12-6-5-7-14-11(12)9-15(17)21-14/h9-10,12-13,18H,5-8H2,1-4H3. The number of nitrogens with one attached hydrogen (secondary N) is 1. The fourth-order valence-electron chi connectivity index (χ4n) is 2.96. The lowest BCUT2D eigenvalue weighted by Gasteiger charge is -2.30. The first kappa shape index (κ1) is 17.0. The molecule has 1 N–H and O–H groups in total. The van der Waals surface area contributed by atoms with Crippen LogP contribution in [-0.2, 0) is 11.2 Å². The van der Waals surface area contributed by atoms with E-state index in [9.17, 15) is 4.79 Å². The molecule has 0 spiro atoms. The molecule has 1 aliphatic carbocycles. The van der Waals surface area contributed by atoms with Crippen molar-refractivity contribution in [3.63, 3.8) is 0 Å². The molecule has 1 aliphatic rings. The number of amides is 1. The first-order valence-corrected chi connectivity index (χ1v) is 9.24. The first-order chi connectivity index (χ1) is 9.88. The number of hydrogen-bond donors (Lipinski definition) is 1. The van der Waals surface area contributed by atoms with E-state index in [0.717, 1.165) is 12.8 Å². The third-order valence-corrected chi connectivity index (χ3v) is 5.65. The summed E-state index contributed by atoms with van der Waals surface area (Å²) in [5.41, 5.74) is 1.39. The minimum atomic E-state index is -0.0883. The second-order valence-corrected chi connectivity index (χ2v) is 8.97. The molecular weight excluding hydrogens is 348 g/mol. The molecule has 1 heterocycles. The number of aryl methyl sites for hydroxylation is 1. The van der Waals surface area contributed by atoms with Gasteiger partial charge in [-0.3, -0.25) is 10.1 Å². The Kier molecular flexibility index (Phi) is 5.86. The Morgan fingerprint density at radius 3 is 2.86 bits per heavy atom. The highest BCUT2D eigenvalue weighted by molar-refractivity contribution is 9.11. The van der Waals surface area contributed by atoms with Crippen LogP contribution in [0.3, 0.4) is 0 Å². The molecule has 1 aromatic rings. The summed E-state index contributed by atoms with van der Waals surface area (Å²) in [6.45, 7) is 4.34. The minimum absolute atomic E-state index is 0.0883. The molecular formula is C16H25BrN2OS. The molecule has 1 amide bonds. The summed E-state index contributed by atoms with van der Waals surface area (Å²) in [6.07, 6.45) is 4.36. The highest BCUT2D eigenvalue weighted by Crippen LogP contribution is 2.38. The van der Waals surface area contributed by atoms with Crippen LogP contribution in [0.15, 0.2) is 9.85 Å². The molecule has 5 heteroatoms. The van der Waals surface area contributed by atoms with Crippen LogP contribution in [0.2, 0.25) is 0 Å². The van der Waals surface area contributed by atoms with Gasteiger partial charge in [0, 0.05) is 25.0 Å². The van der Waals surface area contributed by atoms with Gasteiger partial charge in [-0.05, 0) is 59.2 Å². The number of nitrogens with zero attached hydrogens (tertiary/aromatic N) is 1. The fraction of sp³-hybridized carbons (Fsp3) is 0.688. The Hall–Kier alpha value is -0.390. The Labute approximate surface area is 140 Å². The number of carbonyl (C=O) groups excluding carboxylic acids is 1. The largest absolute Gasteiger partial charge is 0.347 e. The molecule has 21 heavy (non-hydrogen) atoms. The monoisotopic (exact) mass is 372 g/mol. The average Bonchev–Trinajstić information content (AvgIpc) is 2.77. The molecule has 2 atom stereocenters. The second kappa shape index (κ2) is 7.25. The van der Waals surface area contributed by atoms with Crippen LogP contribution in [0.4, 0.5) is 0 Å². The van der Waals surface area contributed by atoms with Crippen molar-refractivity contribution in [1.29, 1.82) is 0 Å². The van der Waals surface area contributed by atoms with Gasteiger partial charge in [0.1, 0.15) is 0 Å². The van der Waals surface area contributed by atoms with Gasteiger partial charge < -0.3 is 4.90 Å². The molecule has 118 valence electrons. The lowest BCUT2D eigenvalue weighted by Crippen LogP contribution is -2.46. The third-order valence-electron chi connectivity index (χ3n) is 3.93. The topological polar surface area (TPSA) is 32.3 Å². The van der Waals surface area contributed by atoms with Gasteiger partial charge in [0.25, 0.3) is 0 Å². The van der Waals surface area contributed by atoms with Crippen LogP contribution in [-0.4, -0.2) is 30.9 Å². The third kappa shape index (κ3) is 4.30. The van der Waals surface area contributed by atoms with Crippen molar-refractivity contribution in [3.05, 3.63) is 20.3 Å². The van der Waals surface area contributed by atoms with E-state index in [-0.39, 0.29) is 11.9 Å². The van der Waals surface area contributed by atoms with Gasteiger partial charge in [0.05, 0.1) is 9.83 Å². The summed E-state index contributed by atoms with van der Waals surface area (Å²) in [5, 5.41) is 3.63. The maximum atomic E-state index is 12.4. The molecule has 0 saturated heterocycles. The SMILES string of the molecule is CC(C)CC(NC1CCCc2sc(Br)cc21)C(=O)N(C)C. The molecule has 1 aromatic heterocycles. The first-order valence-electron chi connectivity index (χ1n) is 7.63. The molecule has 0 bridgehead atoms. The Morgan fingerprint density at radius 2 is 2.24 bits per heavy atom. The number of fused-ring (bicyclic) bond motifs is 1. The Bertz CT molecular complexity index is 498. The molecule has 0 radical (unpaired) electrons. The van der Waals surface area contributed by atoms with E-state index in [0.29, 0.717) is 12.0 Å². The van der Waals surface area contributed by atoms with Gasteiger partial charge in [0.2, 0.25) is 5.91 Å². The normalized spacial score (nSPS) is 19.4. The maximum Gasteiger partial charge on any atom is 0.239 e. The van der Waals surface area contributed by atoms with Crippen LogP contribution in [0.5, 0.6) is 0 Å². The van der Waals surface area contributed by atoms with E-state index in [2.05, 4.69) is 41.2 Å². The van der Waals surface area contributed by atoms with Crippen LogP contribution in [0, 0.1) is 5.92 Å². The smallest absolute Gasteiger partial charge is 0.239 e. The molecule has 0 aromatic carbocycles. The van der Waals surface area contributed by atoms with Crippen molar-refractivity contribution in [2.75, 3.05) is 14.1 Å².